The Morgan fingerprint density at radius 1 is 1.06 bits per heavy atom. The summed E-state index contributed by atoms with van der Waals surface area (Å²) in [5, 5.41) is 20.2. The molecule has 0 amide bonds. The van der Waals surface area contributed by atoms with E-state index < -0.39 is 12.2 Å². The van der Waals surface area contributed by atoms with Crippen LogP contribution in [0.3, 0.4) is 0 Å². The van der Waals surface area contributed by atoms with Gasteiger partial charge in [0.05, 0.1) is 23.4 Å². The summed E-state index contributed by atoms with van der Waals surface area (Å²) in [6.07, 6.45) is -1.19. The molecule has 16 heavy (non-hydrogen) atoms. The van der Waals surface area contributed by atoms with Crippen molar-refractivity contribution in [2.45, 2.75) is 26.1 Å². The molecule has 0 aliphatic rings. The number of aliphatic hydroxyl groups is 2. The first-order chi connectivity index (χ1) is 7.59. The predicted molar refractivity (Wildman–Crippen MR) is 63.0 cm³/mol. The van der Waals surface area contributed by atoms with Gasteiger partial charge in [0.15, 0.2) is 0 Å². The SMILES string of the molecule is CC(O)c1cc(C(C)O)c2ccccc2n1. The molecule has 3 heteroatoms. The Labute approximate surface area is 94.4 Å². The van der Waals surface area contributed by atoms with Crippen molar-refractivity contribution in [1.82, 2.24) is 4.98 Å². The van der Waals surface area contributed by atoms with Crippen molar-refractivity contribution >= 4 is 10.9 Å². The average molecular weight is 217 g/mol. The lowest BCUT2D eigenvalue weighted by atomic mass is 10.0. The highest BCUT2D eigenvalue weighted by Crippen LogP contribution is 2.25. The molecule has 0 aliphatic carbocycles. The largest absolute Gasteiger partial charge is 0.389 e. The van der Waals surface area contributed by atoms with Crippen molar-refractivity contribution in [3.8, 4) is 0 Å². The van der Waals surface area contributed by atoms with E-state index in [0.717, 1.165) is 16.5 Å². The van der Waals surface area contributed by atoms with E-state index in [-0.39, 0.29) is 0 Å². The third-order valence-corrected chi connectivity index (χ3v) is 2.65. The van der Waals surface area contributed by atoms with E-state index in [0.29, 0.717) is 5.69 Å². The zero-order chi connectivity index (χ0) is 11.7. The van der Waals surface area contributed by atoms with Crippen LogP contribution in [0.25, 0.3) is 10.9 Å². The molecule has 0 aliphatic heterocycles. The number of pyridine rings is 1. The van der Waals surface area contributed by atoms with Gasteiger partial charge >= 0.3 is 0 Å². The summed E-state index contributed by atoms with van der Waals surface area (Å²) in [7, 11) is 0. The average Bonchev–Trinajstić information content (AvgIpc) is 2.27. The van der Waals surface area contributed by atoms with Gasteiger partial charge in [0.25, 0.3) is 0 Å². The summed E-state index contributed by atoms with van der Waals surface area (Å²) >= 11 is 0. The van der Waals surface area contributed by atoms with Crippen molar-refractivity contribution < 1.29 is 10.2 Å². The molecule has 1 aromatic heterocycles. The second-order valence-corrected chi connectivity index (χ2v) is 4.01. The minimum absolute atomic E-state index is 0.564. The quantitative estimate of drug-likeness (QED) is 0.811. The third-order valence-electron chi connectivity index (χ3n) is 2.65. The fourth-order valence-electron chi connectivity index (χ4n) is 1.78. The highest BCUT2D eigenvalue weighted by atomic mass is 16.3. The standard InChI is InChI=1S/C13H15NO2/c1-8(15)11-7-13(9(2)16)14-12-6-4-3-5-10(11)12/h3-9,15-16H,1-2H3. The van der Waals surface area contributed by atoms with Gasteiger partial charge in [-0.3, -0.25) is 4.98 Å². The van der Waals surface area contributed by atoms with Crippen LogP contribution >= 0.6 is 0 Å². The zero-order valence-corrected chi connectivity index (χ0v) is 9.38. The number of fused-ring (bicyclic) bond motifs is 1. The number of hydrogen-bond acceptors (Lipinski definition) is 3. The van der Waals surface area contributed by atoms with E-state index in [1.807, 2.05) is 24.3 Å². The number of benzene rings is 1. The fraction of sp³-hybridized carbons (Fsp3) is 0.308. The first-order valence-corrected chi connectivity index (χ1v) is 5.35. The molecule has 0 radical (unpaired) electrons. The van der Waals surface area contributed by atoms with Crippen LogP contribution in [0.15, 0.2) is 30.3 Å². The lowest BCUT2D eigenvalue weighted by molar-refractivity contribution is 0.190. The van der Waals surface area contributed by atoms with Crippen molar-refractivity contribution in [1.29, 1.82) is 0 Å². The van der Waals surface area contributed by atoms with E-state index in [9.17, 15) is 10.2 Å². The highest BCUT2D eigenvalue weighted by molar-refractivity contribution is 5.82. The number of hydrogen-bond donors (Lipinski definition) is 2. The second kappa shape index (κ2) is 4.20. The number of aliphatic hydroxyl groups excluding tert-OH is 2. The minimum atomic E-state index is -0.623. The van der Waals surface area contributed by atoms with Gasteiger partial charge in [0, 0.05) is 5.39 Å². The predicted octanol–water partition coefficient (Wildman–Crippen LogP) is 2.34. The molecule has 2 N–H and O–H groups in total. The summed E-state index contributed by atoms with van der Waals surface area (Å²) in [6.45, 7) is 3.39. The molecular formula is C13H15NO2. The lowest BCUT2D eigenvalue weighted by Gasteiger charge is -2.12. The van der Waals surface area contributed by atoms with Crippen LogP contribution in [0.2, 0.25) is 0 Å². The molecule has 1 aromatic carbocycles. The lowest BCUT2D eigenvalue weighted by Crippen LogP contribution is -2.01. The summed E-state index contributed by atoms with van der Waals surface area (Å²) in [6, 6.07) is 9.38. The van der Waals surface area contributed by atoms with Crippen LogP contribution in [0.1, 0.15) is 37.3 Å². The van der Waals surface area contributed by atoms with Crippen molar-refractivity contribution in [2.24, 2.45) is 0 Å². The molecule has 0 saturated heterocycles. The van der Waals surface area contributed by atoms with Gasteiger partial charge in [-0.15, -0.1) is 0 Å². The van der Waals surface area contributed by atoms with Gasteiger partial charge < -0.3 is 10.2 Å². The van der Waals surface area contributed by atoms with Gasteiger partial charge in [0.2, 0.25) is 0 Å². The molecule has 2 rings (SSSR count). The highest BCUT2D eigenvalue weighted by Gasteiger charge is 2.11. The van der Waals surface area contributed by atoms with Gasteiger partial charge in [-0.05, 0) is 31.5 Å². The van der Waals surface area contributed by atoms with Gasteiger partial charge in [-0.25, -0.2) is 0 Å². The van der Waals surface area contributed by atoms with Gasteiger partial charge in [0.1, 0.15) is 0 Å². The Balaban J connectivity index is 2.74. The Morgan fingerprint density at radius 2 is 1.75 bits per heavy atom. The summed E-state index contributed by atoms with van der Waals surface area (Å²) < 4.78 is 0. The molecular weight excluding hydrogens is 202 g/mol. The Kier molecular flexibility index (Phi) is 2.90. The van der Waals surface area contributed by atoms with E-state index in [2.05, 4.69) is 4.98 Å². The molecule has 2 unspecified atom stereocenters. The molecule has 84 valence electrons. The summed E-state index contributed by atoms with van der Waals surface area (Å²) in [4.78, 5) is 4.36. The molecule has 0 saturated carbocycles. The van der Waals surface area contributed by atoms with E-state index in [1.54, 1.807) is 19.9 Å². The third kappa shape index (κ3) is 1.92. The fourth-order valence-corrected chi connectivity index (χ4v) is 1.78. The maximum Gasteiger partial charge on any atom is 0.0932 e. The molecule has 0 bridgehead atoms. The van der Waals surface area contributed by atoms with Crippen LogP contribution < -0.4 is 0 Å². The van der Waals surface area contributed by atoms with Gasteiger partial charge in [-0.2, -0.15) is 0 Å². The first kappa shape index (κ1) is 11.0. The van der Waals surface area contributed by atoms with Gasteiger partial charge in [-0.1, -0.05) is 18.2 Å². The van der Waals surface area contributed by atoms with E-state index >= 15 is 0 Å². The first-order valence-electron chi connectivity index (χ1n) is 5.35. The van der Waals surface area contributed by atoms with Crippen LogP contribution in [-0.2, 0) is 0 Å². The van der Waals surface area contributed by atoms with Crippen LogP contribution in [0.4, 0.5) is 0 Å². The topological polar surface area (TPSA) is 53.4 Å². The zero-order valence-electron chi connectivity index (χ0n) is 9.38. The van der Waals surface area contributed by atoms with E-state index in [4.69, 9.17) is 0 Å². The molecule has 3 nitrogen and oxygen atoms in total. The normalized spacial score (nSPS) is 15.0. The Hall–Kier alpha value is -1.45. The molecule has 0 fully saturated rings. The smallest absolute Gasteiger partial charge is 0.0932 e. The molecule has 2 aromatic rings. The molecule has 0 spiro atoms. The number of nitrogens with zero attached hydrogens (tertiary/aromatic N) is 1. The Bertz CT molecular complexity index is 506. The van der Waals surface area contributed by atoms with Crippen LogP contribution in [0, 0.1) is 0 Å². The number of aromatic nitrogens is 1. The maximum absolute atomic E-state index is 9.72. The second-order valence-electron chi connectivity index (χ2n) is 4.01. The maximum atomic E-state index is 9.72. The van der Waals surface area contributed by atoms with Crippen molar-refractivity contribution in [2.75, 3.05) is 0 Å². The Morgan fingerprint density at radius 3 is 2.38 bits per heavy atom. The van der Waals surface area contributed by atoms with Crippen LogP contribution in [-0.4, -0.2) is 15.2 Å². The molecule has 1 heterocycles. The van der Waals surface area contributed by atoms with Crippen molar-refractivity contribution in [3.05, 3.63) is 41.6 Å². The monoisotopic (exact) mass is 217 g/mol. The van der Waals surface area contributed by atoms with Crippen LogP contribution in [0.5, 0.6) is 0 Å². The number of para-hydroxylation sites is 1. The molecule has 2 atom stereocenters. The van der Waals surface area contributed by atoms with E-state index in [1.165, 1.54) is 0 Å². The number of rotatable bonds is 2. The summed E-state index contributed by atoms with van der Waals surface area (Å²) in [5.41, 5.74) is 2.20. The minimum Gasteiger partial charge on any atom is -0.389 e. The summed E-state index contributed by atoms with van der Waals surface area (Å²) in [5.74, 6) is 0. The van der Waals surface area contributed by atoms with Crippen molar-refractivity contribution in [3.63, 3.8) is 0 Å².